The highest BCUT2D eigenvalue weighted by atomic mass is 16.5. The van der Waals surface area contributed by atoms with Gasteiger partial charge in [0, 0.05) is 11.8 Å². The van der Waals surface area contributed by atoms with Crippen LogP contribution in [-0.4, -0.2) is 30.1 Å². The molecular formula is C19H21NO3. The van der Waals surface area contributed by atoms with Gasteiger partial charge in [-0.3, -0.25) is 4.99 Å². The molecule has 120 valence electrons. The van der Waals surface area contributed by atoms with Gasteiger partial charge in [-0.25, -0.2) is 0 Å². The third-order valence-electron chi connectivity index (χ3n) is 4.37. The summed E-state index contributed by atoms with van der Waals surface area (Å²) < 4.78 is 5.15. The predicted molar refractivity (Wildman–Crippen MR) is 90.4 cm³/mol. The molecule has 2 aromatic rings. The Labute approximate surface area is 136 Å². The highest BCUT2D eigenvalue weighted by molar-refractivity contribution is 5.84. The molecule has 0 aromatic heterocycles. The first-order valence-corrected chi connectivity index (χ1v) is 7.80. The van der Waals surface area contributed by atoms with Crippen molar-refractivity contribution in [2.24, 2.45) is 4.99 Å². The van der Waals surface area contributed by atoms with Crippen LogP contribution in [0.4, 0.5) is 0 Å². The normalized spacial score (nSPS) is 20.4. The SMILES string of the molecule is COc1ccc(O)c(C=NCC2(O)CCCc3ccccc32)c1. The van der Waals surface area contributed by atoms with E-state index in [1.807, 2.05) is 18.2 Å². The average Bonchev–Trinajstić information content (AvgIpc) is 2.57. The zero-order valence-corrected chi connectivity index (χ0v) is 13.2. The number of benzene rings is 2. The standard InChI is InChI=1S/C19H21NO3/c1-23-16-8-9-18(21)15(11-16)12-20-13-19(22)10-4-6-14-5-2-3-7-17(14)19/h2-3,5,7-9,11-12,21-22H,4,6,10,13H2,1H3. The molecule has 0 fully saturated rings. The zero-order chi connectivity index (χ0) is 16.3. The number of methoxy groups -OCH3 is 1. The van der Waals surface area contributed by atoms with Gasteiger partial charge in [-0.15, -0.1) is 0 Å². The lowest BCUT2D eigenvalue weighted by molar-refractivity contribution is 0.0286. The molecule has 4 nitrogen and oxygen atoms in total. The summed E-state index contributed by atoms with van der Waals surface area (Å²) in [5.41, 5.74) is 1.82. The third kappa shape index (κ3) is 3.22. The molecule has 1 atom stereocenters. The maximum atomic E-state index is 11.0. The van der Waals surface area contributed by atoms with Gasteiger partial charge < -0.3 is 14.9 Å². The highest BCUT2D eigenvalue weighted by Gasteiger charge is 2.33. The number of phenolic OH excluding ortho intramolecular Hbond substituents is 1. The number of rotatable bonds is 4. The van der Waals surface area contributed by atoms with Crippen molar-refractivity contribution in [2.45, 2.75) is 24.9 Å². The quantitative estimate of drug-likeness (QED) is 0.853. The number of fused-ring (bicyclic) bond motifs is 1. The van der Waals surface area contributed by atoms with Crippen molar-refractivity contribution >= 4 is 6.21 Å². The van der Waals surface area contributed by atoms with Crippen LogP contribution >= 0.6 is 0 Å². The Morgan fingerprint density at radius 3 is 2.91 bits per heavy atom. The number of hydrogen-bond acceptors (Lipinski definition) is 4. The Morgan fingerprint density at radius 2 is 2.09 bits per heavy atom. The minimum Gasteiger partial charge on any atom is -0.507 e. The second kappa shape index (κ2) is 6.42. The highest BCUT2D eigenvalue weighted by Crippen LogP contribution is 2.35. The molecule has 3 rings (SSSR count). The summed E-state index contributed by atoms with van der Waals surface area (Å²) in [6.07, 6.45) is 4.24. The van der Waals surface area contributed by atoms with Gasteiger partial charge in [-0.05, 0) is 48.6 Å². The fourth-order valence-corrected chi connectivity index (χ4v) is 3.12. The molecule has 0 aliphatic heterocycles. The summed E-state index contributed by atoms with van der Waals surface area (Å²) in [4.78, 5) is 4.38. The van der Waals surface area contributed by atoms with Gasteiger partial charge in [0.2, 0.25) is 0 Å². The predicted octanol–water partition coefficient (Wildman–Crippen LogP) is 3.04. The molecule has 2 aromatic carbocycles. The monoisotopic (exact) mass is 311 g/mol. The summed E-state index contributed by atoms with van der Waals surface area (Å²) in [7, 11) is 1.58. The van der Waals surface area contributed by atoms with E-state index in [2.05, 4.69) is 11.1 Å². The zero-order valence-electron chi connectivity index (χ0n) is 13.2. The largest absolute Gasteiger partial charge is 0.507 e. The number of phenols is 1. The lowest BCUT2D eigenvalue weighted by Gasteiger charge is -2.33. The van der Waals surface area contributed by atoms with E-state index < -0.39 is 5.60 Å². The first-order valence-electron chi connectivity index (χ1n) is 7.80. The van der Waals surface area contributed by atoms with Crippen molar-refractivity contribution in [1.29, 1.82) is 0 Å². The van der Waals surface area contributed by atoms with Crippen molar-refractivity contribution in [1.82, 2.24) is 0 Å². The molecule has 0 amide bonds. The van der Waals surface area contributed by atoms with Crippen LogP contribution in [0.3, 0.4) is 0 Å². The van der Waals surface area contributed by atoms with E-state index >= 15 is 0 Å². The van der Waals surface area contributed by atoms with E-state index in [4.69, 9.17) is 4.74 Å². The first kappa shape index (κ1) is 15.6. The van der Waals surface area contributed by atoms with Gasteiger partial charge in [0.15, 0.2) is 0 Å². The maximum Gasteiger partial charge on any atom is 0.124 e. The van der Waals surface area contributed by atoms with E-state index in [1.54, 1.807) is 31.5 Å². The van der Waals surface area contributed by atoms with Gasteiger partial charge in [-0.2, -0.15) is 0 Å². The number of aromatic hydroxyl groups is 1. The van der Waals surface area contributed by atoms with Crippen LogP contribution in [-0.2, 0) is 12.0 Å². The summed E-state index contributed by atoms with van der Waals surface area (Å²) in [5.74, 6) is 0.802. The van der Waals surface area contributed by atoms with E-state index in [1.165, 1.54) is 5.56 Å². The number of hydrogen-bond donors (Lipinski definition) is 2. The summed E-state index contributed by atoms with van der Waals surface area (Å²) in [6.45, 7) is 0.278. The van der Waals surface area contributed by atoms with Crippen LogP contribution in [0.1, 0.15) is 29.5 Å². The Balaban J connectivity index is 1.81. The van der Waals surface area contributed by atoms with Gasteiger partial charge in [0.1, 0.15) is 17.1 Å². The number of aliphatic hydroxyl groups is 1. The van der Waals surface area contributed by atoms with Gasteiger partial charge in [-0.1, -0.05) is 24.3 Å². The molecule has 1 unspecified atom stereocenters. The number of aliphatic imine (C=N–C) groups is 1. The van der Waals surface area contributed by atoms with E-state index in [9.17, 15) is 10.2 Å². The average molecular weight is 311 g/mol. The summed E-state index contributed by atoms with van der Waals surface area (Å²) >= 11 is 0. The molecule has 1 aliphatic carbocycles. The third-order valence-corrected chi connectivity index (χ3v) is 4.37. The maximum absolute atomic E-state index is 11.0. The Hall–Kier alpha value is -2.33. The molecule has 0 saturated carbocycles. The second-order valence-electron chi connectivity index (χ2n) is 5.94. The number of nitrogens with zero attached hydrogens (tertiary/aromatic N) is 1. The van der Waals surface area contributed by atoms with E-state index in [0.29, 0.717) is 17.7 Å². The van der Waals surface area contributed by atoms with Crippen molar-refractivity contribution in [3.63, 3.8) is 0 Å². The molecule has 0 heterocycles. The van der Waals surface area contributed by atoms with Crippen molar-refractivity contribution in [2.75, 3.05) is 13.7 Å². The Kier molecular flexibility index (Phi) is 4.35. The fraction of sp³-hybridized carbons (Fsp3) is 0.316. The molecule has 0 saturated heterocycles. The summed E-state index contributed by atoms with van der Waals surface area (Å²) in [6, 6.07) is 13.0. The van der Waals surface area contributed by atoms with E-state index in [-0.39, 0.29) is 12.3 Å². The van der Waals surface area contributed by atoms with Gasteiger partial charge in [0.25, 0.3) is 0 Å². The van der Waals surface area contributed by atoms with E-state index in [0.717, 1.165) is 18.4 Å². The molecule has 0 bridgehead atoms. The molecule has 23 heavy (non-hydrogen) atoms. The molecule has 0 radical (unpaired) electrons. The molecule has 4 heteroatoms. The Bertz CT molecular complexity index is 726. The lowest BCUT2D eigenvalue weighted by Crippen LogP contribution is -2.33. The van der Waals surface area contributed by atoms with Crippen molar-refractivity contribution in [3.8, 4) is 11.5 Å². The summed E-state index contributed by atoms with van der Waals surface area (Å²) in [5, 5.41) is 20.9. The first-order chi connectivity index (χ1) is 11.1. The van der Waals surface area contributed by atoms with Crippen LogP contribution in [0.2, 0.25) is 0 Å². The second-order valence-corrected chi connectivity index (χ2v) is 5.94. The van der Waals surface area contributed by atoms with Crippen LogP contribution < -0.4 is 4.74 Å². The smallest absolute Gasteiger partial charge is 0.124 e. The topological polar surface area (TPSA) is 62.0 Å². The minimum absolute atomic E-state index is 0.144. The van der Waals surface area contributed by atoms with Crippen LogP contribution in [0.5, 0.6) is 11.5 Å². The lowest BCUT2D eigenvalue weighted by atomic mass is 9.79. The van der Waals surface area contributed by atoms with Crippen molar-refractivity contribution in [3.05, 3.63) is 59.2 Å². The number of aryl methyl sites for hydroxylation is 1. The molecule has 0 spiro atoms. The number of ether oxygens (including phenoxy) is 1. The fourth-order valence-electron chi connectivity index (χ4n) is 3.12. The van der Waals surface area contributed by atoms with Crippen LogP contribution in [0.25, 0.3) is 0 Å². The molecule has 2 N–H and O–H groups in total. The van der Waals surface area contributed by atoms with Crippen molar-refractivity contribution < 1.29 is 14.9 Å². The minimum atomic E-state index is -0.931. The van der Waals surface area contributed by atoms with Gasteiger partial charge >= 0.3 is 0 Å². The van der Waals surface area contributed by atoms with Crippen LogP contribution in [0, 0.1) is 0 Å². The molecule has 1 aliphatic rings. The van der Waals surface area contributed by atoms with Crippen LogP contribution in [0.15, 0.2) is 47.5 Å². The van der Waals surface area contributed by atoms with Gasteiger partial charge in [0.05, 0.1) is 13.7 Å². The Morgan fingerprint density at radius 1 is 1.26 bits per heavy atom. The molecular weight excluding hydrogens is 290 g/mol.